The van der Waals surface area contributed by atoms with E-state index in [0.717, 1.165) is 17.7 Å². The Hall–Kier alpha value is -1.89. The van der Waals surface area contributed by atoms with Crippen molar-refractivity contribution in [2.24, 2.45) is 0 Å². The second-order valence-electron chi connectivity index (χ2n) is 6.74. The lowest BCUT2D eigenvalue weighted by Gasteiger charge is -2.33. The number of carbonyl (C=O) groups excluding carboxylic acids is 1. The number of thioether (sulfide) groups is 1. The highest BCUT2D eigenvalue weighted by molar-refractivity contribution is 7.98. The standard InChI is InChI=1S/C21H25FN2O2S/c1-23(13-16-3-9-19(27-2)10-4-16)21(25)15-24-11-12-26-20(14-24)17-5-7-18(22)8-6-17/h3-10,20H,11-15H2,1-2H3/t20-/m0/s1. The van der Waals surface area contributed by atoms with Crippen LogP contribution in [0.4, 0.5) is 4.39 Å². The summed E-state index contributed by atoms with van der Waals surface area (Å²) in [7, 11) is 1.84. The van der Waals surface area contributed by atoms with Gasteiger partial charge in [0.25, 0.3) is 0 Å². The van der Waals surface area contributed by atoms with E-state index in [9.17, 15) is 9.18 Å². The molecule has 0 bridgehead atoms. The quantitative estimate of drug-likeness (QED) is 0.708. The number of halogens is 1. The summed E-state index contributed by atoms with van der Waals surface area (Å²) < 4.78 is 18.9. The molecule has 0 unspecified atom stereocenters. The number of likely N-dealkylation sites (N-methyl/N-ethyl adjacent to an activating group) is 1. The third-order valence-corrected chi connectivity index (χ3v) is 5.50. The second-order valence-corrected chi connectivity index (χ2v) is 7.62. The molecule has 4 nitrogen and oxygen atoms in total. The van der Waals surface area contributed by atoms with Crippen molar-refractivity contribution in [2.45, 2.75) is 17.5 Å². The number of rotatable bonds is 6. The van der Waals surface area contributed by atoms with Crippen LogP contribution in [-0.4, -0.2) is 55.3 Å². The fourth-order valence-corrected chi connectivity index (χ4v) is 3.54. The van der Waals surface area contributed by atoms with Crippen LogP contribution in [0, 0.1) is 5.82 Å². The van der Waals surface area contributed by atoms with Crippen LogP contribution in [0.2, 0.25) is 0 Å². The Labute approximate surface area is 164 Å². The zero-order valence-electron chi connectivity index (χ0n) is 15.7. The van der Waals surface area contributed by atoms with Gasteiger partial charge in [-0.25, -0.2) is 4.39 Å². The van der Waals surface area contributed by atoms with Crippen molar-refractivity contribution in [2.75, 3.05) is 39.5 Å². The molecule has 0 radical (unpaired) electrons. The molecule has 6 heteroatoms. The Balaban J connectivity index is 1.53. The summed E-state index contributed by atoms with van der Waals surface area (Å²) in [5.41, 5.74) is 2.06. The summed E-state index contributed by atoms with van der Waals surface area (Å²) in [4.78, 5) is 17.7. The van der Waals surface area contributed by atoms with Crippen molar-refractivity contribution in [3.63, 3.8) is 0 Å². The van der Waals surface area contributed by atoms with Crippen molar-refractivity contribution in [1.29, 1.82) is 0 Å². The topological polar surface area (TPSA) is 32.8 Å². The molecule has 3 rings (SSSR count). The smallest absolute Gasteiger partial charge is 0.236 e. The monoisotopic (exact) mass is 388 g/mol. The van der Waals surface area contributed by atoms with E-state index in [1.165, 1.54) is 17.0 Å². The number of amides is 1. The van der Waals surface area contributed by atoms with Crippen LogP contribution in [0.5, 0.6) is 0 Å². The van der Waals surface area contributed by atoms with Gasteiger partial charge in [0, 0.05) is 31.6 Å². The van der Waals surface area contributed by atoms with Crippen LogP contribution in [0.3, 0.4) is 0 Å². The zero-order chi connectivity index (χ0) is 19.2. The minimum atomic E-state index is -0.256. The second kappa shape index (κ2) is 9.35. The molecule has 0 aliphatic carbocycles. The lowest BCUT2D eigenvalue weighted by molar-refractivity contribution is -0.133. The number of hydrogen-bond acceptors (Lipinski definition) is 4. The minimum Gasteiger partial charge on any atom is -0.371 e. The van der Waals surface area contributed by atoms with Crippen molar-refractivity contribution in [3.8, 4) is 0 Å². The fourth-order valence-electron chi connectivity index (χ4n) is 3.13. The third-order valence-electron chi connectivity index (χ3n) is 4.76. The van der Waals surface area contributed by atoms with Crippen molar-refractivity contribution in [3.05, 3.63) is 65.5 Å². The van der Waals surface area contributed by atoms with E-state index in [-0.39, 0.29) is 17.8 Å². The van der Waals surface area contributed by atoms with E-state index < -0.39 is 0 Å². The number of benzene rings is 2. The van der Waals surface area contributed by atoms with Crippen LogP contribution in [0.15, 0.2) is 53.4 Å². The molecule has 1 aliphatic rings. The number of morpholine rings is 1. The molecule has 0 N–H and O–H groups in total. The molecule has 2 aromatic rings. The van der Waals surface area contributed by atoms with Gasteiger partial charge in [0.1, 0.15) is 5.82 Å². The first-order valence-corrected chi connectivity index (χ1v) is 10.2. The van der Waals surface area contributed by atoms with Gasteiger partial charge in [-0.3, -0.25) is 9.69 Å². The van der Waals surface area contributed by atoms with Crippen LogP contribution < -0.4 is 0 Å². The molecule has 1 fully saturated rings. The maximum atomic E-state index is 13.1. The summed E-state index contributed by atoms with van der Waals surface area (Å²) >= 11 is 1.71. The van der Waals surface area contributed by atoms with E-state index in [0.29, 0.717) is 26.2 Å². The molecule has 1 saturated heterocycles. The predicted octanol–water partition coefficient (Wildman–Crippen LogP) is 3.58. The molecule has 1 heterocycles. The largest absolute Gasteiger partial charge is 0.371 e. The Kier molecular flexibility index (Phi) is 6.88. The highest BCUT2D eigenvalue weighted by atomic mass is 32.2. The van der Waals surface area contributed by atoms with Gasteiger partial charge < -0.3 is 9.64 Å². The summed E-state index contributed by atoms with van der Waals surface area (Å²) in [5, 5.41) is 0. The normalized spacial score (nSPS) is 17.7. The van der Waals surface area contributed by atoms with Crippen LogP contribution in [0.25, 0.3) is 0 Å². The Morgan fingerprint density at radius 2 is 1.93 bits per heavy atom. The number of carbonyl (C=O) groups is 1. The van der Waals surface area contributed by atoms with Crippen LogP contribution >= 0.6 is 11.8 Å². The van der Waals surface area contributed by atoms with E-state index >= 15 is 0 Å². The lowest BCUT2D eigenvalue weighted by atomic mass is 10.1. The van der Waals surface area contributed by atoms with Gasteiger partial charge in [-0.05, 0) is 41.6 Å². The Bertz CT molecular complexity index is 752. The molecule has 0 saturated carbocycles. The van der Waals surface area contributed by atoms with Gasteiger partial charge in [0.2, 0.25) is 5.91 Å². The molecule has 27 heavy (non-hydrogen) atoms. The van der Waals surface area contributed by atoms with E-state index in [1.54, 1.807) is 28.8 Å². The summed E-state index contributed by atoms with van der Waals surface area (Å²) in [5.74, 6) is -0.169. The van der Waals surface area contributed by atoms with Crippen LogP contribution in [0.1, 0.15) is 17.2 Å². The predicted molar refractivity (Wildman–Crippen MR) is 106 cm³/mol. The average Bonchev–Trinajstić information content (AvgIpc) is 2.69. The summed E-state index contributed by atoms with van der Waals surface area (Å²) in [6, 6.07) is 14.7. The van der Waals surface area contributed by atoms with Gasteiger partial charge in [0.15, 0.2) is 0 Å². The van der Waals surface area contributed by atoms with Crippen molar-refractivity contribution < 1.29 is 13.9 Å². The summed E-state index contributed by atoms with van der Waals surface area (Å²) in [6.07, 6.45) is 1.92. The highest BCUT2D eigenvalue weighted by Crippen LogP contribution is 2.22. The molecule has 0 spiro atoms. The first-order valence-electron chi connectivity index (χ1n) is 9.01. The Morgan fingerprint density at radius 3 is 2.59 bits per heavy atom. The number of nitrogens with zero attached hydrogens (tertiary/aromatic N) is 2. The summed E-state index contributed by atoms with van der Waals surface area (Å²) in [6.45, 7) is 2.88. The molecular weight excluding hydrogens is 363 g/mol. The van der Waals surface area contributed by atoms with Crippen LogP contribution in [-0.2, 0) is 16.1 Å². The Morgan fingerprint density at radius 1 is 1.22 bits per heavy atom. The van der Waals surface area contributed by atoms with Gasteiger partial charge >= 0.3 is 0 Å². The first kappa shape index (κ1) is 19.9. The zero-order valence-corrected chi connectivity index (χ0v) is 16.5. The molecule has 1 atom stereocenters. The van der Waals surface area contributed by atoms with Gasteiger partial charge in [-0.2, -0.15) is 0 Å². The molecule has 2 aromatic carbocycles. The third kappa shape index (κ3) is 5.54. The average molecular weight is 389 g/mol. The maximum absolute atomic E-state index is 13.1. The minimum absolute atomic E-state index is 0.0868. The first-order chi connectivity index (χ1) is 13.0. The maximum Gasteiger partial charge on any atom is 0.236 e. The lowest BCUT2D eigenvalue weighted by Crippen LogP contribution is -2.44. The molecule has 1 amide bonds. The highest BCUT2D eigenvalue weighted by Gasteiger charge is 2.24. The van der Waals surface area contributed by atoms with Crippen molar-refractivity contribution in [1.82, 2.24) is 9.80 Å². The van der Waals surface area contributed by atoms with Gasteiger partial charge in [-0.15, -0.1) is 11.8 Å². The fraction of sp³-hybridized carbons (Fsp3) is 0.381. The van der Waals surface area contributed by atoms with Crippen molar-refractivity contribution >= 4 is 17.7 Å². The molecule has 1 aliphatic heterocycles. The molecule has 0 aromatic heterocycles. The van der Waals surface area contributed by atoms with E-state index in [4.69, 9.17) is 4.74 Å². The number of hydrogen-bond donors (Lipinski definition) is 0. The molecule has 144 valence electrons. The molecular formula is C21H25FN2O2S. The van der Waals surface area contributed by atoms with E-state index in [2.05, 4.69) is 29.2 Å². The van der Waals surface area contributed by atoms with E-state index in [1.807, 2.05) is 13.3 Å². The van der Waals surface area contributed by atoms with Gasteiger partial charge in [0.05, 0.1) is 19.3 Å². The SMILES string of the molecule is CSc1ccc(CN(C)C(=O)CN2CCO[C@H](c3ccc(F)cc3)C2)cc1. The van der Waals surface area contributed by atoms with Gasteiger partial charge in [-0.1, -0.05) is 24.3 Å². The number of ether oxygens (including phenoxy) is 1.